The number of benzene rings is 1. The quantitative estimate of drug-likeness (QED) is 0.769. The molecule has 0 aromatic heterocycles. The normalized spacial score (nSPS) is 11.3. The van der Waals surface area contributed by atoms with E-state index in [1.165, 1.54) is 0 Å². The first-order chi connectivity index (χ1) is 7.39. The number of hydrogen-bond acceptors (Lipinski definition) is 2. The van der Waals surface area contributed by atoms with Crippen LogP contribution in [0.15, 0.2) is 27.1 Å². The van der Waals surface area contributed by atoms with Crippen LogP contribution in [0.5, 0.6) is 0 Å². The first-order valence-corrected chi connectivity index (χ1v) is 6.61. The molecule has 0 unspecified atom stereocenters. The van der Waals surface area contributed by atoms with Gasteiger partial charge in [0.1, 0.15) is 0 Å². The van der Waals surface area contributed by atoms with Gasteiger partial charge in [0.25, 0.3) is 0 Å². The van der Waals surface area contributed by atoms with Gasteiger partial charge in [0.15, 0.2) is 0 Å². The summed E-state index contributed by atoms with van der Waals surface area (Å²) in [5.41, 5.74) is 0.306. The van der Waals surface area contributed by atoms with Gasteiger partial charge in [-0.15, -0.1) is 0 Å². The van der Waals surface area contributed by atoms with Crippen molar-refractivity contribution in [3.63, 3.8) is 0 Å². The van der Waals surface area contributed by atoms with Gasteiger partial charge in [0, 0.05) is 8.95 Å². The summed E-state index contributed by atoms with van der Waals surface area (Å²) in [5.74, 6) is -0.204. The van der Waals surface area contributed by atoms with Crippen molar-refractivity contribution in [2.45, 2.75) is 26.2 Å². The lowest BCUT2D eigenvalue weighted by atomic mass is 9.85. The molecular weight excluding hydrogens is 336 g/mol. The number of ether oxygens (including phenoxy) is 1. The molecule has 0 aliphatic heterocycles. The van der Waals surface area contributed by atoms with Crippen LogP contribution in [0.3, 0.4) is 0 Å². The lowest BCUT2D eigenvalue weighted by Gasteiger charge is -2.23. The largest absolute Gasteiger partial charge is 0.465 e. The van der Waals surface area contributed by atoms with Crippen LogP contribution in [-0.4, -0.2) is 12.6 Å². The number of rotatable bonds is 3. The van der Waals surface area contributed by atoms with E-state index in [1.54, 1.807) is 0 Å². The van der Waals surface area contributed by atoms with Crippen LogP contribution in [0, 0.1) is 0 Å². The maximum absolute atomic E-state index is 11.8. The molecule has 0 N–H and O–H groups in total. The van der Waals surface area contributed by atoms with Gasteiger partial charge in [-0.1, -0.05) is 6.07 Å². The van der Waals surface area contributed by atoms with Crippen molar-refractivity contribution in [3.05, 3.63) is 32.7 Å². The van der Waals surface area contributed by atoms with Crippen LogP contribution in [0.1, 0.15) is 26.3 Å². The average Bonchev–Trinajstić information content (AvgIpc) is 2.22. The molecule has 1 aromatic carbocycles. The number of esters is 1. The fourth-order valence-corrected chi connectivity index (χ4v) is 1.94. The molecule has 4 heteroatoms. The summed E-state index contributed by atoms with van der Waals surface area (Å²) in [6, 6.07) is 5.77. The maximum atomic E-state index is 11.8. The first-order valence-electron chi connectivity index (χ1n) is 5.02. The van der Waals surface area contributed by atoms with E-state index in [2.05, 4.69) is 31.9 Å². The van der Waals surface area contributed by atoms with E-state index in [-0.39, 0.29) is 5.97 Å². The average molecular weight is 350 g/mol. The SMILES string of the molecule is CCOC(=O)C(C)(C)c1ccc(Br)c(Br)c1. The molecule has 1 aromatic rings. The Balaban J connectivity index is 3.06. The molecule has 0 atom stereocenters. The summed E-state index contributed by atoms with van der Waals surface area (Å²) in [6.07, 6.45) is 0. The second kappa shape index (κ2) is 5.32. The molecule has 16 heavy (non-hydrogen) atoms. The summed E-state index contributed by atoms with van der Waals surface area (Å²) in [4.78, 5) is 11.8. The van der Waals surface area contributed by atoms with Gasteiger partial charge in [0.2, 0.25) is 0 Å². The third-order valence-electron chi connectivity index (χ3n) is 2.43. The van der Waals surface area contributed by atoms with Gasteiger partial charge in [0.05, 0.1) is 12.0 Å². The molecular formula is C12H14Br2O2. The molecule has 0 saturated carbocycles. The number of carbonyl (C=O) groups excluding carboxylic acids is 1. The van der Waals surface area contributed by atoms with Crippen molar-refractivity contribution in [2.24, 2.45) is 0 Å². The summed E-state index contributed by atoms with van der Waals surface area (Å²) in [6.45, 7) is 5.94. The molecule has 0 radical (unpaired) electrons. The van der Waals surface area contributed by atoms with Gasteiger partial charge in [-0.25, -0.2) is 0 Å². The van der Waals surface area contributed by atoms with Crippen LogP contribution < -0.4 is 0 Å². The number of halogens is 2. The fraction of sp³-hybridized carbons (Fsp3) is 0.417. The Morgan fingerprint density at radius 2 is 1.94 bits per heavy atom. The van der Waals surface area contributed by atoms with E-state index in [0.29, 0.717) is 6.61 Å². The second-order valence-corrected chi connectivity index (χ2v) is 5.68. The van der Waals surface area contributed by atoms with Crippen LogP contribution >= 0.6 is 31.9 Å². The third kappa shape index (κ3) is 2.86. The lowest BCUT2D eigenvalue weighted by Crippen LogP contribution is -2.31. The van der Waals surface area contributed by atoms with Crippen molar-refractivity contribution in [1.82, 2.24) is 0 Å². The van der Waals surface area contributed by atoms with Gasteiger partial charge in [-0.3, -0.25) is 4.79 Å². The highest BCUT2D eigenvalue weighted by Gasteiger charge is 2.31. The molecule has 1 rings (SSSR count). The van der Waals surface area contributed by atoms with Crippen molar-refractivity contribution >= 4 is 37.8 Å². The van der Waals surface area contributed by atoms with Crippen LogP contribution in [-0.2, 0) is 14.9 Å². The molecule has 0 fully saturated rings. The van der Waals surface area contributed by atoms with Crippen molar-refractivity contribution in [1.29, 1.82) is 0 Å². The Morgan fingerprint density at radius 3 is 2.44 bits per heavy atom. The minimum absolute atomic E-state index is 0.204. The van der Waals surface area contributed by atoms with Crippen molar-refractivity contribution < 1.29 is 9.53 Å². The maximum Gasteiger partial charge on any atom is 0.315 e. The van der Waals surface area contributed by atoms with Crippen LogP contribution in [0.25, 0.3) is 0 Å². The predicted molar refractivity (Wildman–Crippen MR) is 71.5 cm³/mol. The van der Waals surface area contributed by atoms with Crippen LogP contribution in [0.4, 0.5) is 0 Å². The highest BCUT2D eigenvalue weighted by Crippen LogP contribution is 2.31. The smallest absolute Gasteiger partial charge is 0.315 e. The number of carbonyl (C=O) groups is 1. The summed E-state index contributed by atoms with van der Waals surface area (Å²) in [7, 11) is 0. The monoisotopic (exact) mass is 348 g/mol. The van der Waals surface area contributed by atoms with Gasteiger partial charge in [-0.2, -0.15) is 0 Å². The Labute approximate surface area is 113 Å². The minimum Gasteiger partial charge on any atom is -0.465 e. The van der Waals surface area contributed by atoms with E-state index in [1.807, 2.05) is 39.0 Å². The van der Waals surface area contributed by atoms with Gasteiger partial charge < -0.3 is 4.74 Å². The fourth-order valence-electron chi connectivity index (χ4n) is 1.31. The summed E-state index contributed by atoms with van der Waals surface area (Å²) < 4.78 is 6.97. The molecule has 88 valence electrons. The second-order valence-electron chi connectivity index (χ2n) is 3.97. The van der Waals surface area contributed by atoms with E-state index in [0.717, 1.165) is 14.5 Å². The molecule has 0 bridgehead atoms. The predicted octanol–water partition coefficient (Wildman–Crippen LogP) is 4.05. The molecule has 0 aliphatic rings. The highest BCUT2D eigenvalue weighted by molar-refractivity contribution is 9.13. The van der Waals surface area contributed by atoms with E-state index in [4.69, 9.17) is 4.74 Å². The Bertz CT molecular complexity index is 400. The highest BCUT2D eigenvalue weighted by atomic mass is 79.9. The number of hydrogen-bond donors (Lipinski definition) is 0. The van der Waals surface area contributed by atoms with Gasteiger partial charge >= 0.3 is 5.97 Å². The standard InChI is InChI=1S/C12H14Br2O2/c1-4-16-11(15)12(2,3)8-5-6-9(13)10(14)7-8/h5-7H,4H2,1-3H3. The molecule has 2 nitrogen and oxygen atoms in total. The Morgan fingerprint density at radius 1 is 1.31 bits per heavy atom. The van der Waals surface area contributed by atoms with Crippen molar-refractivity contribution in [3.8, 4) is 0 Å². The zero-order valence-corrected chi connectivity index (χ0v) is 12.7. The first kappa shape index (κ1) is 13.7. The lowest BCUT2D eigenvalue weighted by molar-refractivity contribution is -0.148. The Hall–Kier alpha value is -0.350. The molecule has 0 aliphatic carbocycles. The van der Waals surface area contributed by atoms with Crippen molar-refractivity contribution in [2.75, 3.05) is 6.61 Å². The van der Waals surface area contributed by atoms with E-state index >= 15 is 0 Å². The molecule has 0 saturated heterocycles. The molecule has 0 amide bonds. The van der Waals surface area contributed by atoms with E-state index < -0.39 is 5.41 Å². The van der Waals surface area contributed by atoms with Gasteiger partial charge in [-0.05, 0) is 70.3 Å². The zero-order chi connectivity index (χ0) is 12.3. The summed E-state index contributed by atoms with van der Waals surface area (Å²) >= 11 is 6.83. The molecule has 0 heterocycles. The third-order valence-corrected chi connectivity index (χ3v) is 4.31. The minimum atomic E-state index is -0.626. The summed E-state index contributed by atoms with van der Waals surface area (Å²) in [5, 5.41) is 0. The zero-order valence-electron chi connectivity index (χ0n) is 9.51. The van der Waals surface area contributed by atoms with E-state index in [9.17, 15) is 4.79 Å². The van der Waals surface area contributed by atoms with Crippen LogP contribution in [0.2, 0.25) is 0 Å². The Kier molecular flexibility index (Phi) is 4.56. The topological polar surface area (TPSA) is 26.3 Å². The molecule has 0 spiro atoms.